The molecule has 7 nitrogen and oxygen atoms in total. The van der Waals surface area contributed by atoms with Gasteiger partial charge >= 0.3 is 5.97 Å². The van der Waals surface area contributed by atoms with Gasteiger partial charge in [-0.1, -0.05) is 12.1 Å². The summed E-state index contributed by atoms with van der Waals surface area (Å²) in [4.78, 5) is 25.1. The van der Waals surface area contributed by atoms with Crippen molar-refractivity contribution >= 4 is 27.6 Å². The van der Waals surface area contributed by atoms with Crippen LogP contribution in [-0.2, 0) is 14.8 Å². The minimum Gasteiger partial charge on any atom is -0.481 e. The summed E-state index contributed by atoms with van der Waals surface area (Å²) in [7, 11) is -3.50. The van der Waals surface area contributed by atoms with Gasteiger partial charge in [0.2, 0.25) is 10.0 Å². The van der Waals surface area contributed by atoms with E-state index in [9.17, 15) is 18.0 Å². The van der Waals surface area contributed by atoms with Gasteiger partial charge in [0.05, 0.1) is 23.4 Å². The van der Waals surface area contributed by atoms with E-state index in [1.807, 2.05) is 0 Å². The number of carbonyl (C=O) groups excluding carboxylic acids is 1. The van der Waals surface area contributed by atoms with Crippen LogP contribution >= 0.6 is 0 Å². The average molecular weight is 326 g/mol. The monoisotopic (exact) mass is 326 g/mol. The molecule has 1 aliphatic rings. The van der Waals surface area contributed by atoms with E-state index >= 15 is 0 Å². The van der Waals surface area contributed by atoms with E-state index in [4.69, 9.17) is 5.11 Å². The van der Waals surface area contributed by atoms with Crippen LogP contribution in [0.5, 0.6) is 0 Å². The quantitative estimate of drug-likeness (QED) is 0.859. The zero-order chi connectivity index (χ0) is 16.3. The average Bonchev–Trinajstić information content (AvgIpc) is 2.45. The van der Waals surface area contributed by atoms with Gasteiger partial charge in [-0.15, -0.1) is 0 Å². The first-order valence-corrected chi connectivity index (χ1v) is 8.76. The molecule has 0 aliphatic carbocycles. The summed E-state index contributed by atoms with van der Waals surface area (Å²) in [6.07, 6.45) is 2.17. The molecule has 2 N–H and O–H groups in total. The second kappa shape index (κ2) is 6.35. The van der Waals surface area contributed by atoms with Gasteiger partial charge < -0.3 is 10.0 Å². The third-order valence-electron chi connectivity index (χ3n) is 3.51. The van der Waals surface area contributed by atoms with Gasteiger partial charge in [0, 0.05) is 13.1 Å². The molecule has 0 bridgehead atoms. The number of aliphatic carboxylic acids is 1. The van der Waals surface area contributed by atoms with Gasteiger partial charge in [-0.05, 0) is 25.0 Å². The molecule has 22 heavy (non-hydrogen) atoms. The number of hydrogen-bond acceptors (Lipinski definition) is 4. The van der Waals surface area contributed by atoms with Crippen LogP contribution in [-0.4, -0.2) is 49.6 Å². The van der Waals surface area contributed by atoms with Crippen molar-refractivity contribution in [3.63, 3.8) is 0 Å². The number of para-hydroxylation sites is 1. The van der Waals surface area contributed by atoms with Crippen molar-refractivity contribution in [3.8, 4) is 0 Å². The third-order valence-corrected chi connectivity index (χ3v) is 4.10. The summed E-state index contributed by atoms with van der Waals surface area (Å²) in [6, 6.07) is 6.30. The zero-order valence-electron chi connectivity index (χ0n) is 12.2. The highest BCUT2D eigenvalue weighted by Crippen LogP contribution is 2.23. The number of carbonyl (C=O) groups is 2. The van der Waals surface area contributed by atoms with E-state index in [1.165, 1.54) is 17.0 Å². The smallest absolute Gasteiger partial charge is 0.308 e. The topological polar surface area (TPSA) is 104 Å². The van der Waals surface area contributed by atoms with Crippen LogP contribution in [0.4, 0.5) is 5.69 Å². The number of carboxylic acids is 1. The van der Waals surface area contributed by atoms with E-state index in [0.29, 0.717) is 19.4 Å². The van der Waals surface area contributed by atoms with E-state index < -0.39 is 21.9 Å². The highest BCUT2D eigenvalue weighted by Gasteiger charge is 2.29. The molecule has 1 aromatic carbocycles. The van der Waals surface area contributed by atoms with Gasteiger partial charge in [0.15, 0.2) is 0 Å². The maximum Gasteiger partial charge on any atom is 0.308 e. The Balaban J connectivity index is 2.24. The van der Waals surface area contributed by atoms with Crippen LogP contribution in [0.25, 0.3) is 0 Å². The lowest BCUT2D eigenvalue weighted by Crippen LogP contribution is -2.42. The maximum atomic E-state index is 12.6. The summed E-state index contributed by atoms with van der Waals surface area (Å²) < 4.78 is 25.1. The predicted molar refractivity (Wildman–Crippen MR) is 81.2 cm³/mol. The number of likely N-dealkylation sites (tertiary alicyclic amines) is 1. The number of carboxylic acid groups (broad SMARTS) is 1. The minimum atomic E-state index is -3.50. The van der Waals surface area contributed by atoms with Crippen LogP contribution in [0.2, 0.25) is 0 Å². The van der Waals surface area contributed by atoms with Gasteiger partial charge in [-0.2, -0.15) is 0 Å². The third kappa shape index (κ3) is 3.97. The van der Waals surface area contributed by atoms with Crippen LogP contribution in [0.1, 0.15) is 23.2 Å². The molecule has 0 spiro atoms. The molecule has 8 heteroatoms. The van der Waals surface area contributed by atoms with Crippen molar-refractivity contribution < 1.29 is 23.1 Å². The molecular formula is C14H18N2O5S. The van der Waals surface area contributed by atoms with Crippen molar-refractivity contribution in [2.24, 2.45) is 5.92 Å². The summed E-state index contributed by atoms with van der Waals surface area (Å²) in [5, 5.41) is 9.09. The second-order valence-electron chi connectivity index (χ2n) is 5.35. The fourth-order valence-corrected chi connectivity index (χ4v) is 3.07. The Morgan fingerprint density at radius 2 is 2.00 bits per heavy atom. The fourth-order valence-electron chi connectivity index (χ4n) is 2.49. The van der Waals surface area contributed by atoms with Crippen molar-refractivity contribution in [3.05, 3.63) is 29.8 Å². The van der Waals surface area contributed by atoms with Crippen LogP contribution in [0.15, 0.2) is 24.3 Å². The van der Waals surface area contributed by atoms with Crippen molar-refractivity contribution in [2.45, 2.75) is 12.8 Å². The lowest BCUT2D eigenvalue weighted by Gasteiger charge is -2.31. The Hall–Kier alpha value is -2.09. The van der Waals surface area contributed by atoms with Gasteiger partial charge in [-0.25, -0.2) is 8.42 Å². The molecule has 2 rings (SSSR count). The lowest BCUT2D eigenvalue weighted by atomic mass is 9.97. The SMILES string of the molecule is CS(=O)(=O)Nc1ccccc1C(=O)N1CCCC(C(=O)O)C1. The predicted octanol–water partition coefficient (Wildman–Crippen LogP) is 0.995. The summed E-state index contributed by atoms with van der Waals surface area (Å²) in [5.41, 5.74) is 0.423. The second-order valence-corrected chi connectivity index (χ2v) is 7.10. The highest BCUT2D eigenvalue weighted by molar-refractivity contribution is 7.92. The number of piperidine rings is 1. The highest BCUT2D eigenvalue weighted by atomic mass is 32.2. The van der Waals surface area contributed by atoms with Crippen LogP contribution < -0.4 is 4.72 Å². The minimum absolute atomic E-state index is 0.140. The van der Waals surface area contributed by atoms with Crippen molar-refractivity contribution in [1.82, 2.24) is 4.90 Å². The van der Waals surface area contributed by atoms with Crippen molar-refractivity contribution in [2.75, 3.05) is 24.1 Å². The molecule has 1 heterocycles. The maximum absolute atomic E-state index is 12.6. The Kier molecular flexibility index (Phi) is 4.70. The Labute approximate surface area is 129 Å². The normalized spacial score (nSPS) is 18.8. The summed E-state index contributed by atoms with van der Waals surface area (Å²) in [5.74, 6) is -1.86. The molecule has 0 aromatic heterocycles. The van der Waals surface area contributed by atoms with Crippen LogP contribution in [0, 0.1) is 5.92 Å². The molecular weight excluding hydrogens is 308 g/mol. The number of rotatable bonds is 4. The van der Waals surface area contributed by atoms with Gasteiger partial charge in [-0.3, -0.25) is 14.3 Å². The molecule has 1 aliphatic heterocycles. The molecule has 1 aromatic rings. The number of hydrogen-bond donors (Lipinski definition) is 2. The molecule has 1 saturated heterocycles. The zero-order valence-corrected chi connectivity index (χ0v) is 13.0. The van der Waals surface area contributed by atoms with Gasteiger partial charge in [0.1, 0.15) is 0 Å². The standard InChI is InChI=1S/C14H18N2O5S/c1-22(20,21)15-12-7-3-2-6-11(12)13(17)16-8-4-5-10(9-16)14(18)19/h2-3,6-7,10,15H,4-5,8-9H2,1H3,(H,18,19). The fraction of sp³-hybridized carbons (Fsp3) is 0.429. The Morgan fingerprint density at radius 1 is 1.32 bits per heavy atom. The molecule has 0 radical (unpaired) electrons. The van der Waals surface area contributed by atoms with E-state index in [1.54, 1.807) is 12.1 Å². The number of anilines is 1. The number of sulfonamides is 1. The number of nitrogens with one attached hydrogen (secondary N) is 1. The largest absolute Gasteiger partial charge is 0.481 e. The lowest BCUT2D eigenvalue weighted by molar-refractivity contribution is -0.143. The molecule has 1 unspecified atom stereocenters. The van der Waals surface area contributed by atoms with E-state index in [0.717, 1.165) is 6.26 Å². The molecule has 1 atom stereocenters. The summed E-state index contributed by atoms with van der Waals surface area (Å²) in [6.45, 7) is 0.608. The summed E-state index contributed by atoms with van der Waals surface area (Å²) >= 11 is 0. The molecule has 1 fully saturated rings. The molecule has 1 amide bonds. The van der Waals surface area contributed by atoms with Crippen molar-refractivity contribution in [1.29, 1.82) is 0 Å². The Morgan fingerprint density at radius 3 is 2.64 bits per heavy atom. The Bertz CT molecular complexity index is 686. The van der Waals surface area contributed by atoms with E-state index in [-0.39, 0.29) is 23.7 Å². The first-order valence-electron chi connectivity index (χ1n) is 6.87. The first-order chi connectivity index (χ1) is 10.3. The molecule has 0 saturated carbocycles. The number of amides is 1. The number of nitrogens with zero attached hydrogens (tertiary/aromatic N) is 1. The van der Waals surface area contributed by atoms with E-state index in [2.05, 4.69) is 4.72 Å². The van der Waals surface area contributed by atoms with Gasteiger partial charge in [0.25, 0.3) is 5.91 Å². The van der Waals surface area contributed by atoms with Crippen LogP contribution in [0.3, 0.4) is 0 Å². The first kappa shape index (κ1) is 16.3. The molecule has 120 valence electrons. The number of benzene rings is 1.